The van der Waals surface area contributed by atoms with Crippen LogP contribution in [0.3, 0.4) is 0 Å². The largest absolute Gasteiger partial charge is 0.0931 e. The van der Waals surface area contributed by atoms with Crippen molar-refractivity contribution >= 4 is 35.0 Å². The third-order valence-corrected chi connectivity index (χ3v) is 3.94. The Morgan fingerprint density at radius 3 is 2.13 bits per heavy atom. The summed E-state index contributed by atoms with van der Waals surface area (Å²) in [4.78, 5) is 2.30. The summed E-state index contributed by atoms with van der Waals surface area (Å²) in [6, 6.07) is 7.77. The molecule has 0 unspecified atom stereocenters. The quantitative estimate of drug-likeness (QED) is 0.628. The lowest BCUT2D eigenvalue weighted by atomic mass is 9.97. The molecule has 0 spiro atoms. The Morgan fingerprint density at radius 2 is 1.73 bits per heavy atom. The van der Waals surface area contributed by atoms with Crippen LogP contribution in [0.25, 0.3) is 0 Å². The molecule has 0 heterocycles. The van der Waals surface area contributed by atoms with Crippen LogP contribution in [0.1, 0.15) is 20.8 Å². The number of rotatable bonds is 2. The zero-order valence-electron chi connectivity index (χ0n) is 9.05. The molecule has 0 radical (unpaired) electrons. The van der Waals surface area contributed by atoms with Crippen molar-refractivity contribution in [3.63, 3.8) is 0 Å². The summed E-state index contributed by atoms with van der Waals surface area (Å²) in [7, 11) is 0. The van der Waals surface area contributed by atoms with Crippen LogP contribution in [0.5, 0.6) is 0 Å². The molecule has 0 fully saturated rings. The van der Waals surface area contributed by atoms with Gasteiger partial charge in [0.2, 0.25) is 0 Å². The predicted octanol–water partition coefficient (Wildman–Crippen LogP) is 5.56. The molecule has 82 valence electrons. The minimum absolute atomic E-state index is 0.0754. The first-order valence-electron chi connectivity index (χ1n) is 4.68. The molecule has 1 aromatic rings. The van der Waals surface area contributed by atoms with Gasteiger partial charge in [0.1, 0.15) is 0 Å². The number of halogens is 2. The Morgan fingerprint density at radius 1 is 1.20 bits per heavy atom. The van der Waals surface area contributed by atoms with Gasteiger partial charge < -0.3 is 0 Å². The van der Waals surface area contributed by atoms with Crippen molar-refractivity contribution in [2.75, 3.05) is 0 Å². The van der Waals surface area contributed by atoms with Crippen LogP contribution in [0, 0.1) is 5.41 Å². The summed E-state index contributed by atoms with van der Waals surface area (Å²) in [5.41, 5.74) is 1.73. The lowest BCUT2D eigenvalue weighted by molar-refractivity contribution is 0.534. The molecule has 1 rings (SSSR count). The van der Waals surface area contributed by atoms with E-state index in [0.717, 1.165) is 14.8 Å². The fourth-order valence-corrected chi connectivity index (χ4v) is 2.43. The van der Waals surface area contributed by atoms with Crippen LogP contribution in [0.15, 0.2) is 39.6 Å². The monoisotopic (exact) mass is 260 g/mol. The first kappa shape index (κ1) is 13.0. The molecule has 0 saturated heterocycles. The highest BCUT2D eigenvalue weighted by Gasteiger charge is 2.17. The normalized spacial score (nSPS) is 13.0. The van der Waals surface area contributed by atoms with E-state index in [0.29, 0.717) is 0 Å². The maximum absolute atomic E-state index is 5.82. The molecular formula is C12H14Cl2S. The molecule has 0 aliphatic rings. The molecule has 0 atom stereocenters. The van der Waals surface area contributed by atoms with Gasteiger partial charge in [-0.2, -0.15) is 0 Å². The highest BCUT2D eigenvalue weighted by Crippen LogP contribution is 2.39. The van der Waals surface area contributed by atoms with E-state index >= 15 is 0 Å². The zero-order chi connectivity index (χ0) is 11.5. The van der Waals surface area contributed by atoms with E-state index < -0.39 is 0 Å². The van der Waals surface area contributed by atoms with E-state index in [1.54, 1.807) is 17.3 Å². The highest BCUT2D eigenvalue weighted by atomic mass is 35.5. The molecular weight excluding hydrogens is 247 g/mol. The van der Waals surface area contributed by atoms with Gasteiger partial charge >= 0.3 is 0 Å². The van der Waals surface area contributed by atoms with Crippen LogP contribution in [-0.2, 0) is 0 Å². The molecule has 15 heavy (non-hydrogen) atoms. The summed E-state index contributed by atoms with van der Waals surface area (Å²) in [6.07, 6.45) is 0. The fraction of sp³-hybridized carbons (Fsp3) is 0.333. The van der Waals surface area contributed by atoms with Crippen molar-refractivity contribution < 1.29 is 0 Å². The summed E-state index contributed by atoms with van der Waals surface area (Å²) in [5, 5.41) is 0.756. The average Bonchev–Trinajstić information content (AvgIpc) is 2.15. The van der Waals surface area contributed by atoms with Gasteiger partial charge in [0.15, 0.2) is 0 Å². The van der Waals surface area contributed by atoms with Crippen LogP contribution in [-0.4, -0.2) is 0 Å². The molecule has 0 aliphatic heterocycles. The van der Waals surface area contributed by atoms with Gasteiger partial charge in [-0.05, 0) is 29.7 Å². The minimum atomic E-state index is 0.0754. The lowest BCUT2D eigenvalue weighted by Crippen LogP contribution is -2.05. The van der Waals surface area contributed by atoms with Gasteiger partial charge in [0, 0.05) is 20.4 Å². The highest BCUT2D eigenvalue weighted by molar-refractivity contribution is 8.03. The summed E-state index contributed by atoms with van der Waals surface area (Å²) < 4.78 is 0. The smallest absolute Gasteiger partial charge is 0.0406 e. The van der Waals surface area contributed by atoms with Gasteiger partial charge in [-0.15, -0.1) is 0 Å². The van der Waals surface area contributed by atoms with E-state index in [1.165, 1.54) is 0 Å². The molecule has 3 heteroatoms. The SMILES string of the molecule is CC(C)(C)/C(=C\Cl)Sc1ccc(Cl)cc1. The van der Waals surface area contributed by atoms with Crippen molar-refractivity contribution in [1.29, 1.82) is 0 Å². The molecule has 0 aliphatic carbocycles. The third-order valence-electron chi connectivity index (χ3n) is 1.88. The Hall–Kier alpha value is -0.110. The van der Waals surface area contributed by atoms with Crippen molar-refractivity contribution in [2.24, 2.45) is 5.41 Å². The Balaban J connectivity index is 2.81. The predicted molar refractivity (Wildman–Crippen MR) is 70.7 cm³/mol. The van der Waals surface area contributed by atoms with Crippen LogP contribution in [0.4, 0.5) is 0 Å². The molecule has 0 saturated carbocycles. The molecule has 0 N–H and O–H groups in total. The second-order valence-corrected chi connectivity index (χ2v) is 6.05. The molecule has 0 nitrogen and oxygen atoms in total. The Bertz CT molecular complexity index is 347. The summed E-state index contributed by atoms with van der Waals surface area (Å²) in [6.45, 7) is 6.43. The molecule has 0 bridgehead atoms. The van der Waals surface area contributed by atoms with E-state index in [4.69, 9.17) is 23.2 Å². The van der Waals surface area contributed by atoms with Crippen molar-refractivity contribution in [2.45, 2.75) is 25.7 Å². The molecule has 1 aromatic carbocycles. The van der Waals surface area contributed by atoms with Gasteiger partial charge in [-0.25, -0.2) is 0 Å². The van der Waals surface area contributed by atoms with E-state index in [1.807, 2.05) is 24.3 Å². The van der Waals surface area contributed by atoms with Gasteiger partial charge in [-0.1, -0.05) is 55.7 Å². The Labute approximate surface area is 106 Å². The number of allylic oxidation sites excluding steroid dienone is 1. The maximum atomic E-state index is 5.82. The zero-order valence-corrected chi connectivity index (χ0v) is 11.4. The topological polar surface area (TPSA) is 0 Å². The first-order valence-corrected chi connectivity index (χ1v) is 6.31. The minimum Gasteiger partial charge on any atom is -0.0931 e. The number of benzene rings is 1. The van der Waals surface area contributed by atoms with Gasteiger partial charge in [-0.3, -0.25) is 0 Å². The second kappa shape index (κ2) is 5.29. The van der Waals surface area contributed by atoms with E-state index in [2.05, 4.69) is 20.8 Å². The molecule has 0 aromatic heterocycles. The van der Waals surface area contributed by atoms with Crippen molar-refractivity contribution in [3.05, 3.63) is 39.7 Å². The lowest BCUT2D eigenvalue weighted by Gasteiger charge is -2.21. The number of hydrogen-bond acceptors (Lipinski definition) is 1. The van der Waals surface area contributed by atoms with Crippen LogP contribution < -0.4 is 0 Å². The maximum Gasteiger partial charge on any atom is 0.0406 e. The van der Waals surface area contributed by atoms with Gasteiger partial charge in [0.05, 0.1) is 0 Å². The van der Waals surface area contributed by atoms with Crippen LogP contribution >= 0.6 is 35.0 Å². The first-order chi connectivity index (χ1) is 6.93. The van der Waals surface area contributed by atoms with Crippen LogP contribution in [0.2, 0.25) is 5.02 Å². The standard InChI is InChI=1S/C12H14Cl2S/c1-12(2,3)11(8-13)15-10-6-4-9(14)5-7-10/h4-8H,1-3H3/b11-8+. The number of thioether (sulfide) groups is 1. The second-order valence-electron chi connectivity index (χ2n) is 4.28. The summed E-state index contributed by atoms with van der Waals surface area (Å²) in [5.74, 6) is 0. The number of hydrogen-bond donors (Lipinski definition) is 0. The van der Waals surface area contributed by atoms with Crippen molar-refractivity contribution in [3.8, 4) is 0 Å². The van der Waals surface area contributed by atoms with Crippen molar-refractivity contribution in [1.82, 2.24) is 0 Å². The fourth-order valence-electron chi connectivity index (χ4n) is 0.969. The van der Waals surface area contributed by atoms with E-state index in [9.17, 15) is 0 Å². The van der Waals surface area contributed by atoms with Gasteiger partial charge in [0.25, 0.3) is 0 Å². The molecule has 0 amide bonds. The average molecular weight is 261 g/mol. The summed E-state index contributed by atoms with van der Waals surface area (Å²) >= 11 is 13.3. The van der Waals surface area contributed by atoms with E-state index in [-0.39, 0.29) is 5.41 Å². The third kappa shape index (κ3) is 4.10. The Kier molecular flexibility index (Phi) is 4.57.